The third-order valence-corrected chi connectivity index (χ3v) is 2.50. The first-order chi connectivity index (χ1) is 8.18. The van der Waals surface area contributed by atoms with E-state index in [0.29, 0.717) is 0 Å². The average molecular weight is 229 g/mol. The molecule has 0 unspecified atom stereocenters. The second-order valence-corrected chi connectivity index (χ2v) is 3.54. The first kappa shape index (κ1) is 11.1. The van der Waals surface area contributed by atoms with Gasteiger partial charge in [-0.2, -0.15) is 0 Å². The van der Waals surface area contributed by atoms with Crippen LogP contribution in [-0.2, 0) is 0 Å². The maximum Gasteiger partial charge on any atom is 0.269 e. The van der Waals surface area contributed by atoms with E-state index in [-0.39, 0.29) is 5.69 Å². The molecule has 0 N–H and O–H groups in total. The molecule has 2 rings (SSSR count). The van der Waals surface area contributed by atoms with E-state index in [4.69, 9.17) is 0 Å². The van der Waals surface area contributed by atoms with Crippen LogP contribution < -0.4 is 4.90 Å². The lowest BCUT2D eigenvalue weighted by Gasteiger charge is -2.18. The SMILES string of the molecule is CN(c1ccncc1)c1ccc([N+](=O)[O-])cc1. The van der Waals surface area contributed by atoms with Crippen LogP contribution in [0.15, 0.2) is 48.8 Å². The van der Waals surface area contributed by atoms with Gasteiger partial charge in [-0.1, -0.05) is 0 Å². The summed E-state index contributed by atoms with van der Waals surface area (Å²) in [4.78, 5) is 16.0. The molecule has 0 bridgehead atoms. The number of hydrogen-bond donors (Lipinski definition) is 0. The Morgan fingerprint density at radius 3 is 2.12 bits per heavy atom. The highest BCUT2D eigenvalue weighted by Gasteiger charge is 2.07. The number of rotatable bonds is 3. The van der Waals surface area contributed by atoms with Crippen LogP contribution >= 0.6 is 0 Å². The summed E-state index contributed by atoms with van der Waals surface area (Å²) in [6.45, 7) is 0. The smallest absolute Gasteiger partial charge is 0.269 e. The third-order valence-electron chi connectivity index (χ3n) is 2.50. The van der Waals surface area contributed by atoms with Crippen LogP contribution in [0, 0.1) is 10.1 Å². The molecule has 0 amide bonds. The van der Waals surface area contributed by atoms with Crippen LogP contribution in [0.5, 0.6) is 0 Å². The number of nitro groups is 1. The number of non-ortho nitro benzene ring substituents is 1. The maximum atomic E-state index is 10.5. The largest absolute Gasteiger partial charge is 0.345 e. The molecule has 2 aromatic rings. The Kier molecular flexibility index (Phi) is 3.00. The van der Waals surface area contributed by atoms with E-state index >= 15 is 0 Å². The summed E-state index contributed by atoms with van der Waals surface area (Å²) in [5.74, 6) is 0. The first-order valence-electron chi connectivity index (χ1n) is 5.06. The summed E-state index contributed by atoms with van der Waals surface area (Å²) in [5, 5.41) is 10.5. The third kappa shape index (κ3) is 2.39. The monoisotopic (exact) mass is 229 g/mol. The molecule has 0 aliphatic carbocycles. The zero-order valence-electron chi connectivity index (χ0n) is 9.28. The van der Waals surface area contributed by atoms with E-state index in [1.54, 1.807) is 24.5 Å². The Morgan fingerprint density at radius 1 is 1.06 bits per heavy atom. The molecule has 1 heterocycles. The van der Waals surface area contributed by atoms with Crippen LogP contribution in [0.3, 0.4) is 0 Å². The van der Waals surface area contributed by atoms with E-state index in [0.717, 1.165) is 11.4 Å². The van der Waals surface area contributed by atoms with Gasteiger partial charge in [-0.3, -0.25) is 15.1 Å². The highest BCUT2D eigenvalue weighted by molar-refractivity contribution is 5.62. The van der Waals surface area contributed by atoms with E-state index in [1.165, 1.54) is 12.1 Å². The van der Waals surface area contributed by atoms with Crippen molar-refractivity contribution < 1.29 is 4.92 Å². The molecule has 0 aliphatic rings. The Hall–Kier alpha value is -2.43. The van der Waals surface area contributed by atoms with Crippen molar-refractivity contribution in [1.82, 2.24) is 4.98 Å². The zero-order chi connectivity index (χ0) is 12.3. The molecule has 5 nitrogen and oxygen atoms in total. The minimum Gasteiger partial charge on any atom is -0.345 e. The van der Waals surface area contributed by atoms with Gasteiger partial charge in [0.1, 0.15) is 0 Å². The predicted molar refractivity (Wildman–Crippen MR) is 65.4 cm³/mol. The molecule has 86 valence electrons. The molecule has 17 heavy (non-hydrogen) atoms. The number of nitro benzene ring substituents is 1. The van der Waals surface area contributed by atoms with Crippen molar-refractivity contribution in [2.75, 3.05) is 11.9 Å². The number of nitrogens with zero attached hydrogens (tertiary/aromatic N) is 3. The average Bonchev–Trinajstić information content (AvgIpc) is 2.39. The van der Waals surface area contributed by atoms with Crippen molar-refractivity contribution in [2.45, 2.75) is 0 Å². The van der Waals surface area contributed by atoms with Gasteiger partial charge < -0.3 is 4.90 Å². The molecule has 1 aromatic carbocycles. The fourth-order valence-electron chi connectivity index (χ4n) is 1.51. The van der Waals surface area contributed by atoms with Crippen molar-refractivity contribution in [3.05, 3.63) is 58.9 Å². The molecule has 1 aromatic heterocycles. The van der Waals surface area contributed by atoms with Crippen molar-refractivity contribution in [2.24, 2.45) is 0 Å². The van der Waals surface area contributed by atoms with Crippen molar-refractivity contribution >= 4 is 17.1 Å². The second-order valence-electron chi connectivity index (χ2n) is 3.54. The quantitative estimate of drug-likeness (QED) is 0.599. The summed E-state index contributed by atoms with van der Waals surface area (Å²) in [6, 6.07) is 10.2. The Labute approximate surface area is 98.5 Å². The molecule has 0 radical (unpaired) electrons. The van der Waals surface area contributed by atoms with Gasteiger partial charge in [-0.25, -0.2) is 0 Å². The normalized spacial score (nSPS) is 9.94. The molecular weight excluding hydrogens is 218 g/mol. The topological polar surface area (TPSA) is 59.3 Å². The highest BCUT2D eigenvalue weighted by Crippen LogP contribution is 2.24. The highest BCUT2D eigenvalue weighted by atomic mass is 16.6. The van der Waals surface area contributed by atoms with Crippen LogP contribution in [0.4, 0.5) is 17.1 Å². The lowest BCUT2D eigenvalue weighted by molar-refractivity contribution is -0.384. The van der Waals surface area contributed by atoms with Crippen LogP contribution in [0.1, 0.15) is 0 Å². The minimum atomic E-state index is -0.407. The van der Waals surface area contributed by atoms with Crippen LogP contribution in [0.2, 0.25) is 0 Å². The molecule has 0 fully saturated rings. The lowest BCUT2D eigenvalue weighted by Crippen LogP contribution is -2.09. The standard InChI is InChI=1S/C12H11N3O2/c1-14(11-6-8-13-9-7-11)10-2-4-12(5-3-10)15(16)17/h2-9H,1H3. The van der Waals surface area contributed by atoms with Crippen molar-refractivity contribution in [3.63, 3.8) is 0 Å². The van der Waals surface area contributed by atoms with E-state index < -0.39 is 4.92 Å². The van der Waals surface area contributed by atoms with Gasteiger partial charge in [0.05, 0.1) is 4.92 Å². The molecule has 0 aliphatic heterocycles. The van der Waals surface area contributed by atoms with Crippen LogP contribution in [0.25, 0.3) is 0 Å². The minimum absolute atomic E-state index is 0.0943. The van der Waals surface area contributed by atoms with E-state index in [9.17, 15) is 10.1 Å². The lowest BCUT2D eigenvalue weighted by atomic mass is 10.2. The number of benzene rings is 1. The van der Waals surface area contributed by atoms with Gasteiger partial charge in [0.2, 0.25) is 0 Å². The van der Waals surface area contributed by atoms with Gasteiger partial charge >= 0.3 is 0 Å². The van der Waals surface area contributed by atoms with Crippen molar-refractivity contribution in [3.8, 4) is 0 Å². The Bertz CT molecular complexity index is 511. The Morgan fingerprint density at radius 2 is 1.59 bits per heavy atom. The van der Waals surface area contributed by atoms with Gasteiger partial charge in [0.15, 0.2) is 0 Å². The number of aromatic nitrogens is 1. The maximum absolute atomic E-state index is 10.5. The second kappa shape index (κ2) is 4.61. The van der Waals surface area contributed by atoms with Gasteiger partial charge in [-0.15, -0.1) is 0 Å². The first-order valence-corrected chi connectivity index (χ1v) is 5.06. The molecule has 0 atom stereocenters. The fourth-order valence-corrected chi connectivity index (χ4v) is 1.51. The van der Waals surface area contributed by atoms with Gasteiger partial charge in [-0.05, 0) is 24.3 Å². The van der Waals surface area contributed by atoms with Crippen LogP contribution in [-0.4, -0.2) is 17.0 Å². The summed E-state index contributed by atoms with van der Waals surface area (Å²) in [7, 11) is 1.90. The summed E-state index contributed by atoms with van der Waals surface area (Å²) >= 11 is 0. The van der Waals surface area contributed by atoms with Gasteiger partial charge in [0.25, 0.3) is 5.69 Å². The molecule has 5 heteroatoms. The van der Waals surface area contributed by atoms with E-state index in [1.807, 2.05) is 24.1 Å². The molecule has 0 saturated carbocycles. The molecule has 0 saturated heterocycles. The molecule has 0 spiro atoms. The summed E-state index contributed by atoms with van der Waals surface area (Å²) < 4.78 is 0. The van der Waals surface area contributed by atoms with Gasteiger partial charge in [0, 0.05) is 42.9 Å². The number of hydrogen-bond acceptors (Lipinski definition) is 4. The number of pyridine rings is 1. The summed E-state index contributed by atoms with van der Waals surface area (Å²) in [5.41, 5.74) is 1.97. The molecular formula is C12H11N3O2. The fraction of sp³-hybridized carbons (Fsp3) is 0.0833. The zero-order valence-corrected chi connectivity index (χ0v) is 9.28. The van der Waals surface area contributed by atoms with E-state index in [2.05, 4.69) is 4.98 Å². The van der Waals surface area contributed by atoms with Crippen molar-refractivity contribution in [1.29, 1.82) is 0 Å². The summed E-state index contributed by atoms with van der Waals surface area (Å²) in [6.07, 6.45) is 3.41. The number of anilines is 2. The predicted octanol–water partition coefficient (Wildman–Crippen LogP) is 2.76. The Balaban J connectivity index is 2.26.